The van der Waals surface area contributed by atoms with Crippen molar-refractivity contribution in [2.45, 2.75) is 18.9 Å². The molecule has 0 spiro atoms. The number of piperidine rings is 1. The van der Waals surface area contributed by atoms with E-state index in [9.17, 15) is 4.79 Å². The maximum absolute atomic E-state index is 11.4. The highest BCUT2D eigenvalue weighted by Crippen LogP contribution is 2.23. The molecular weight excluding hydrogens is 180 g/mol. The largest absolute Gasteiger partial charge is 0.469 e. The van der Waals surface area contributed by atoms with Crippen LogP contribution in [0.5, 0.6) is 0 Å². The Labute approximate surface area is 84.6 Å². The van der Waals surface area contributed by atoms with Gasteiger partial charge in [0, 0.05) is 32.2 Å². The SMILES string of the molecule is COC(=O)C1CCC2CNCCN2C1. The normalized spacial score (nSPS) is 33.5. The number of esters is 1. The van der Waals surface area contributed by atoms with E-state index in [-0.39, 0.29) is 11.9 Å². The number of methoxy groups -OCH3 is 1. The molecule has 2 atom stereocenters. The average molecular weight is 198 g/mol. The maximum atomic E-state index is 11.4. The van der Waals surface area contributed by atoms with E-state index in [2.05, 4.69) is 10.2 Å². The van der Waals surface area contributed by atoms with Crippen LogP contribution in [-0.2, 0) is 9.53 Å². The van der Waals surface area contributed by atoms with Crippen molar-refractivity contribution in [2.24, 2.45) is 5.92 Å². The predicted molar refractivity (Wildman–Crippen MR) is 53.0 cm³/mol. The minimum absolute atomic E-state index is 0.0398. The summed E-state index contributed by atoms with van der Waals surface area (Å²) in [6, 6.07) is 0.643. The van der Waals surface area contributed by atoms with E-state index in [1.165, 1.54) is 7.11 Å². The van der Waals surface area contributed by atoms with Crippen molar-refractivity contribution >= 4 is 5.97 Å². The molecule has 0 saturated carbocycles. The van der Waals surface area contributed by atoms with Crippen molar-refractivity contribution in [3.8, 4) is 0 Å². The van der Waals surface area contributed by atoms with E-state index in [1.807, 2.05) is 0 Å². The minimum Gasteiger partial charge on any atom is -0.469 e. The number of ether oxygens (including phenoxy) is 1. The number of carbonyl (C=O) groups excluding carboxylic acids is 1. The van der Waals surface area contributed by atoms with Gasteiger partial charge in [0.2, 0.25) is 0 Å². The highest BCUT2D eigenvalue weighted by atomic mass is 16.5. The molecule has 2 saturated heterocycles. The molecule has 0 bridgehead atoms. The number of hydrogen-bond donors (Lipinski definition) is 1. The second kappa shape index (κ2) is 4.28. The van der Waals surface area contributed by atoms with Crippen LogP contribution in [0, 0.1) is 5.92 Å². The number of nitrogens with one attached hydrogen (secondary N) is 1. The number of hydrogen-bond acceptors (Lipinski definition) is 4. The van der Waals surface area contributed by atoms with Crippen LogP contribution in [0.25, 0.3) is 0 Å². The lowest BCUT2D eigenvalue weighted by Gasteiger charge is -2.41. The Morgan fingerprint density at radius 2 is 2.36 bits per heavy atom. The van der Waals surface area contributed by atoms with Crippen molar-refractivity contribution in [1.82, 2.24) is 10.2 Å². The van der Waals surface area contributed by atoms with Gasteiger partial charge < -0.3 is 10.1 Å². The first-order valence-corrected chi connectivity index (χ1v) is 5.34. The third-order valence-corrected chi connectivity index (χ3v) is 3.31. The van der Waals surface area contributed by atoms with Gasteiger partial charge in [-0.1, -0.05) is 0 Å². The van der Waals surface area contributed by atoms with Gasteiger partial charge in [-0.25, -0.2) is 0 Å². The molecule has 0 radical (unpaired) electrons. The lowest BCUT2D eigenvalue weighted by molar-refractivity contribution is -0.148. The minimum atomic E-state index is -0.0398. The molecule has 0 aliphatic carbocycles. The first-order chi connectivity index (χ1) is 6.81. The Hall–Kier alpha value is -0.610. The fraction of sp³-hybridized carbons (Fsp3) is 0.900. The molecule has 2 unspecified atom stereocenters. The summed E-state index contributed by atoms with van der Waals surface area (Å²) >= 11 is 0. The molecular formula is C10H18N2O2. The van der Waals surface area contributed by atoms with Crippen LogP contribution in [0.1, 0.15) is 12.8 Å². The van der Waals surface area contributed by atoms with E-state index in [4.69, 9.17) is 4.74 Å². The number of nitrogens with zero attached hydrogens (tertiary/aromatic N) is 1. The molecule has 4 heteroatoms. The highest BCUT2D eigenvalue weighted by Gasteiger charge is 2.33. The van der Waals surface area contributed by atoms with Gasteiger partial charge in [-0.3, -0.25) is 9.69 Å². The third kappa shape index (κ3) is 1.91. The first-order valence-electron chi connectivity index (χ1n) is 5.34. The first kappa shape index (κ1) is 9.93. The fourth-order valence-corrected chi connectivity index (χ4v) is 2.45. The van der Waals surface area contributed by atoms with Crippen molar-refractivity contribution < 1.29 is 9.53 Å². The molecule has 0 aromatic carbocycles. The summed E-state index contributed by atoms with van der Waals surface area (Å²) in [6.07, 6.45) is 2.10. The van der Waals surface area contributed by atoms with Gasteiger partial charge >= 0.3 is 5.97 Å². The van der Waals surface area contributed by atoms with Crippen LogP contribution in [0.3, 0.4) is 0 Å². The summed E-state index contributed by atoms with van der Waals surface area (Å²) in [5, 5.41) is 3.38. The zero-order valence-electron chi connectivity index (χ0n) is 8.66. The Kier molecular flexibility index (Phi) is 3.03. The van der Waals surface area contributed by atoms with Crippen LogP contribution < -0.4 is 5.32 Å². The van der Waals surface area contributed by atoms with E-state index >= 15 is 0 Å². The van der Waals surface area contributed by atoms with E-state index in [0.717, 1.165) is 39.0 Å². The summed E-state index contributed by atoms with van der Waals surface area (Å²) in [4.78, 5) is 13.8. The summed E-state index contributed by atoms with van der Waals surface area (Å²) in [5.41, 5.74) is 0. The van der Waals surface area contributed by atoms with Crippen molar-refractivity contribution in [3.63, 3.8) is 0 Å². The van der Waals surface area contributed by atoms with Crippen LogP contribution in [0.4, 0.5) is 0 Å². The van der Waals surface area contributed by atoms with Crippen molar-refractivity contribution in [2.75, 3.05) is 33.3 Å². The monoisotopic (exact) mass is 198 g/mol. The average Bonchev–Trinajstić information content (AvgIpc) is 2.27. The van der Waals surface area contributed by atoms with E-state index < -0.39 is 0 Å². The van der Waals surface area contributed by atoms with Crippen LogP contribution in [0.15, 0.2) is 0 Å². The molecule has 2 aliphatic heterocycles. The molecule has 0 amide bonds. The van der Waals surface area contributed by atoms with Crippen molar-refractivity contribution in [1.29, 1.82) is 0 Å². The fourth-order valence-electron chi connectivity index (χ4n) is 2.45. The molecule has 0 aromatic rings. The molecule has 2 rings (SSSR count). The number of piperazine rings is 1. The summed E-state index contributed by atoms with van der Waals surface area (Å²) in [7, 11) is 1.48. The molecule has 2 fully saturated rings. The molecule has 80 valence electrons. The standard InChI is InChI=1S/C10H18N2O2/c1-14-10(13)8-2-3-9-6-11-4-5-12(9)7-8/h8-9,11H,2-7H2,1H3. The second-order valence-corrected chi connectivity index (χ2v) is 4.15. The Morgan fingerprint density at radius 3 is 3.14 bits per heavy atom. The maximum Gasteiger partial charge on any atom is 0.309 e. The topological polar surface area (TPSA) is 41.6 Å². The molecule has 2 aliphatic rings. The molecule has 14 heavy (non-hydrogen) atoms. The second-order valence-electron chi connectivity index (χ2n) is 4.15. The van der Waals surface area contributed by atoms with Crippen molar-refractivity contribution in [3.05, 3.63) is 0 Å². The summed E-state index contributed by atoms with van der Waals surface area (Å²) in [5.74, 6) is 0.0660. The zero-order valence-corrected chi connectivity index (χ0v) is 8.66. The lowest BCUT2D eigenvalue weighted by Crippen LogP contribution is -2.55. The Balaban J connectivity index is 1.92. The Bertz CT molecular complexity index is 220. The lowest BCUT2D eigenvalue weighted by atomic mass is 9.91. The Morgan fingerprint density at radius 1 is 1.50 bits per heavy atom. The van der Waals surface area contributed by atoms with Gasteiger partial charge in [-0.2, -0.15) is 0 Å². The molecule has 4 nitrogen and oxygen atoms in total. The summed E-state index contributed by atoms with van der Waals surface area (Å²) in [6.45, 7) is 4.08. The predicted octanol–water partition coefficient (Wildman–Crippen LogP) is -0.157. The molecule has 0 aromatic heterocycles. The van der Waals surface area contributed by atoms with Gasteiger partial charge in [0.05, 0.1) is 13.0 Å². The van der Waals surface area contributed by atoms with Crippen LogP contribution in [0.2, 0.25) is 0 Å². The van der Waals surface area contributed by atoms with E-state index in [1.54, 1.807) is 0 Å². The summed E-state index contributed by atoms with van der Waals surface area (Å²) < 4.78 is 4.79. The number of rotatable bonds is 1. The van der Waals surface area contributed by atoms with Gasteiger partial charge in [-0.05, 0) is 12.8 Å². The van der Waals surface area contributed by atoms with Gasteiger partial charge in [0.25, 0.3) is 0 Å². The van der Waals surface area contributed by atoms with Crippen LogP contribution in [-0.4, -0.2) is 50.2 Å². The smallest absolute Gasteiger partial charge is 0.309 e. The molecule has 2 heterocycles. The van der Waals surface area contributed by atoms with Gasteiger partial charge in [0.15, 0.2) is 0 Å². The van der Waals surface area contributed by atoms with Crippen LogP contribution >= 0.6 is 0 Å². The van der Waals surface area contributed by atoms with Gasteiger partial charge in [0.1, 0.15) is 0 Å². The highest BCUT2D eigenvalue weighted by molar-refractivity contribution is 5.72. The third-order valence-electron chi connectivity index (χ3n) is 3.31. The quantitative estimate of drug-likeness (QED) is 0.595. The number of carbonyl (C=O) groups is 1. The van der Waals surface area contributed by atoms with E-state index in [0.29, 0.717) is 6.04 Å². The number of fused-ring (bicyclic) bond motifs is 1. The zero-order chi connectivity index (χ0) is 9.97. The van der Waals surface area contributed by atoms with Gasteiger partial charge in [-0.15, -0.1) is 0 Å². The molecule has 1 N–H and O–H groups in total.